The summed E-state index contributed by atoms with van der Waals surface area (Å²) in [7, 11) is 0. The number of hydrogen-bond donors (Lipinski definition) is 2. The first-order valence-electron chi connectivity index (χ1n) is 5.60. The molecule has 15 heavy (non-hydrogen) atoms. The topological polar surface area (TPSA) is 66.6 Å². The lowest BCUT2D eigenvalue weighted by Gasteiger charge is -2.23. The molecule has 0 aromatic carbocycles. The second-order valence-electron chi connectivity index (χ2n) is 5.17. The number of rotatable bonds is 4. The number of amides is 1. The SMILES string of the molecule is CC(C)(N)CC(=O)N1CCC(CCO)C1. The standard InChI is InChI=1S/C11H22N2O2/c1-11(2,12)7-10(15)13-5-3-9(8-13)4-6-14/h9,14H,3-8,12H2,1-2H3. The van der Waals surface area contributed by atoms with E-state index in [0.717, 1.165) is 25.9 Å². The molecule has 1 aliphatic heterocycles. The van der Waals surface area contributed by atoms with E-state index in [1.54, 1.807) is 0 Å². The van der Waals surface area contributed by atoms with Crippen LogP contribution in [0.2, 0.25) is 0 Å². The molecule has 1 unspecified atom stereocenters. The average molecular weight is 214 g/mol. The number of hydrogen-bond acceptors (Lipinski definition) is 3. The van der Waals surface area contributed by atoms with Gasteiger partial charge in [-0.25, -0.2) is 0 Å². The van der Waals surface area contributed by atoms with E-state index >= 15 is 0 Å². The quantitative estimate of drug-likeness (QED) is 0.709. The van der Waals surface area contributed by atoms with Crippen LogP contribution in [-0.2, 0) is 4.79 Å². The number of nitrogens with two attached hydrogens (primary N) is 1. The van der Waals surface area contributed by atoms with E-state index in [4.69, 9.17) is 10.8 Å². The molecule has 1 atom stereocenters. The minimum atomic E-state index is -0.424. The fourth-order valence-electron chi connectivity index (χ4n) is 1.98. The van der Waals surface area contributed by atoms with E-state index in [1.807, 2.05) is 18.7 Å². The highest BCUT2D eigenvalue weighted by atomic mass is 16.3. The van der Waals surface area contributed by atoms with Gasteiger partial charge in [-0.1, -0.05) is 0 Å². The van der Waals surface area contributed by atoms with Gasteiger partial charge in [0, 0.05) is 31.7 Å². The number of carbonyl (C=O) groups excluding carboxylic acids is 1. The third kappa shape index (κ3) is 4.18. The Labute approximate surface area is 91.4 Å². The summed E-state index contributed by atoms with van der Waals surface area (Å²) < 4.78 is 0. The predicted molar refractivity (Wildman–Crippen MR) is 59.3 cm³/mol. The molecule has 0 aromatic heterocycles. The monoisotopic (exact) mass is 214 g/mol. The molecule has 0 aromatic rings. The Kier molecular flexibility index (Phi) is 4.11. The van der Waals surface area contributed by atoms with Gasteiger partial charge >= 0.3 is 0 Å². The van der Waals surface area contributed by atoms with E-state index in [-0.39, 0.29) is 12.5 Å². The molecule has 1 rings (SSSR count). The number of nitrogens with zero attached hydrogens (tertiary/aromatic N) is 1. The Morgan fingerprint density at radius 3 is 2.80 bits per heavy atom. The lowest BCUT2D eigenvalue weighted by molar-refractivity contribution is -0.131. The maximum absolute atomic E-state index is 11.8. The van der Waals surface area contributed by atoms with Crippen molar-refractivity contribution in [1.82, 2.24) is 4.90 Å². The summed E-state index contributed by atoms with van der Waals surface area (Å²) in [6.07, 6.45) is 2.21. The van der Waals surface area contributed by atoms with Crippen LogP contribution >= 0.6 is 0 Å². The highest BCUT2D eigenvalue weighted by Gasteiger charge is 2.28. The van der Waals surface area contributed by atoms with Gasteiger partial charge in [0.05, 0.1) is 0 Å². The fraction of sp³-hybridized carbons (Fsp3) is 0.909. The first-order chi connectivity index (χ1) is 6.92. The van der Waals surface area contributed by atoms with E-state index < -0.39 is 5.54 Å². The minimum absolute atomic E-state index is 0.142. The summed E-state index contributed by atoms with van der Waals surface area (Å²) >= 11 is 0. The van der Waals surface area contributed by atoms with Gasteiger partial charge < -0.3 is 15.7 Å². The molecule has 1 saturated heterocycles. The molecule has 1 amide bonds. The van der Waals surface area contributed by atoms with Crippen LogP contribution in [0.3, 0.4) is 0 Å². The van der Waals surface area contributed by atoms with E-state index in [0.29, 0.717) is 12.3 Å². The predicted octanol–water partition coefficient (Wildman–Crippen LogP) is 0.345. The Morgan fingerprint density at radius 1 is 1.60 bits per heavy atom. The van der Waals surface area contributed by atoms with Crippen molar-refractivity contribution in [3.63, 3.8) is 0 Å². The summed E-state index contributed by atoms with van der Waals surface area (Å²) in [6, 6.07) is 0. The van der Waals surface area contributed by atoms with Gasteiger partial charge in [0.1, 0.15) is 0 Å². The van der Waals surface area contributed by atoms with Crippen molar-refractivity contribution in [1.29, 1.82) is 0 Å². The lowest BCUT2D eigenvalue weighted by atomic mass is 10.0. The van der Waals surface area contributed by atoms with Crippen LogP contribution in [0.4, 0.5) is 0 Å². The Bertz CT molecular complexity index is 223. The zero-order valence-electron chi connectivity index (χ0n) is 9.70. The third-order valence-corrected chi connectivity index (χ3v) is 2.78. The van der Waals surface area contributed by atoms with Crippen molar-refractivity contribution >= 4 is 5.91 Å². The molecule has 0 saturated carbocycles. The molecule has 0 spiro atoms. The second-order valence-corrected chi connectivity index (χ2v) is 5.17. The van der Waals surface area contributed by atoms with Crippen molar-refractivity contribution in [2.24, 2.45) is 11.7 Å². The zero-order valence-corrected chi connectivity index (χ0v) is 9.70. The smallest absolute Gasteiger partial charge is 0.224 e. The summed E-state index contributed by atoms with van der Waals surface area (Å²) in [6.45, 7) is 5.56. The highest BCUT2D eigenvalue weighted by Crippen LogP contribution is 2.20. The van der Waals surface area contributed by atoms with Crippen LogP contribution in [0.25, 0.3) is 0 Å². The van der Waals surface area contributed by atoms with Crippen molar-refractivity contribution in [3.05, 3.63) is 0 Å². The number of likely N-dealkylation sites (tertiary alicyclic amines) is 1. The van der Waals surface area contributed by atoms with Crippen LogP contribution < -0.4 is 5.73 Å². The molecule has 0 bridgehead atoms. The second kappa shape index (κ2) is 4.94. The molecule has 0 aliphatic carbocycles. The van der Waals surface area contributed by atoms with Crippen molar-refractivity contribution < 1.29 is 9.90 Å². The maximum atomic E-state index is 11.8. The molecule has 4 heteroatoms. The third-order valence-electron chi connectivity index (χ3n) is 2.78. The Morgan fingerprint density at radius 2 is 2.27 bits per heavy atom. The van der Waals surface area contributed by atoms with E-state index in [9.17, 15) is 4.79 Å². The molecule has 88 valence electrons. The van der Waals surface area contributed by atoms with Crippen molar-refractivity contribution in [3.8, 4) is 0 Å². The normalized spacial score (nSPS) is 22.1. The summed E-state index contributed by atoms with van der Waals surface area (Å²) in [4.78, 5) is 13.7. The van der Waals surface area contributed by atoms with Crippen molar-refractivity contribution in [2.45, 2.75) is 38.6 Å². The first kappa shape index (κ1) is 12.5. The molecular formula is C11H22N2O2. The molecular weight excluding hydrogens is 192 g/mol. The van der Waals surface area contributed by atoms with Gasteiger partial charge in [0.15, 0.2) is 0 Å². The number of aliphatic hydroxyl groups is 1. The first-order valence-corrected chi connectivity index (χ1v) is 5.60. The summed E-state index contributed by atoms with van der Waals surface area (Å²) in [5.41, 5.74) is 5.39. The van der Waals surface area contributed by atoms with Crippen LogP contribution in [0.1, 0.15) is 33.1 Å². The van der Waals surface area contributed by atoms with E-state index in [2.05, 4.69) is 0 Å². The zero-order chi connectivity index (χ0) is 11.5. The molecule has 0 radical (unpaired) electrons. The average Bonchev–Trinajstić information content (AvgIpc) is 2.50. The van der Waals surface area contributed by atoms with Gasteiger partial charge in [-0.05, 0) is 32.6 Å². The molecule has 1 aliphatic rings. The number of aliphatic hydroxyl groups excluding tert-OH is 1. The fourth-order valence-corrected chi connectivity index (χ4v) is 1.98. The molecule has 1 heterocycles. The summed E-state index contributed by atoms with van der Waals surface area (Å²) in [5.74, 6) is 0.614. The van der Waals surface area contributed by atoms with E-state index in [1.165, 1.54) is 0 Å². The van der Waals surface area contributed by atoms with Crippen LogP contribution in [0, 0.1) is 5.92 Å². The van der Waals surface area contributed by atoms with Crippen LogP contribution in [0.5, 0.6) is 0 Å². The Hall–Kier alpha value is -0.610. The largest absolute Gasteiger partial charge is 0.396 e. The molecule has 4 nitrogen and oxygen atoms in total. The molecule has 1 fully saturated rings. The maximum Gasteiger partial charge on any atom is 0.224 e. The van der Waals surface area contributed by atoms with Gasteiger partial charge in [-0.3, -0.25) is 4.79 Å². The number of carbonyl (C=O) groups is 1. The van der Waals surface area contributed by atoms with Crippen LogP contribution in [-0.4, -0.2) is 41.1 Å². The van der Waals surface area contributed by atoms with Gasteiger partial charge in [-0.2, -0.15) is 0 Å². The van der Waals surface area contributed by atoms with Gasteiger partial charge in [0.25, 0.3) is 0 Å². The van der Waals surface area contributed by atoms with Gasteiger partial charge in [0.2, 0.25) is 5.91 Å². The van der Waals surface area contributed by atoms with Crippen LogP contribution in [0.15, 0.2) is 0 Å². The summed E-state index contributed by atoms with van der Waals surface area (Å²) in [5, 5.41) is 8.81. The molecule has 3 N–H and O–H groups in total. The Balaban J connectivity index is 2.37. The lowest BCUT2D eigenvalue weighted by Crippen LogP contribution is -2.40. The van der Waals surface area contributed by atoms with Crippen molar-refractivity contribution in [2.75, 3.05) is 19.7 Å². The highest BCUT2D eigenvalue weighted by molar-refractivity contribution is 5.77. The van der Waals surface area contributed by atoms with Gasteiger partial charge in [-0.15, -0.1) is 0 Å². The minimum Gasteiger partial charge on any atom is -0.396 e.